The quantitative estimate of drug-likeness (QED) is 0.504. The summed E-state index contributed by atoms with van der Waals surface area (Å²) < 4.78 is 26.9. The molecule has 0 unspecified atom stereocenters. The summed E-state index contributed by atoms with van der Waals surface area (Å²) in [5, 5.41) is 13.5. The zero-order valence-electron chi connectivity index (χ0n) is 23.0. The van der Waals surface area contributed by atoms with E-state index in [1.165, 1.54) is 18.4 Å². The van der Waals surface area contributed by atoms with Crippen molar-refractivity contribution in [3.63, 3.8) is 0 Å². The minimum atomic E-state index is -3.34. The summed E-state index contributed by atoms with van der Waals surface area (Å²) in [5.74, 6) is 1.47. The molecule has 2 aromatic rings. The Morgan fingerprint density at radius 2 is 1.71 bits per heavy atom. The van der Waals surface area contributed by atoms with Gasteiger partial charge in [-0.1, -0.05) is 0 Å². The van der Waals surface area contributed by atoms with E-state index in [2.05, 4.69) is 22.2 Å². The van der Waals surface area contributed by atoms with Gasteiger partial charge in [0, 0.05) is 17.8 Å². The number of aliphatic hydroxyl groups is 1. The van der Waals surface area contributed by atoms with Crippen molar-refractivity contribution in [3.8, 4) is 0 Å². The fourth-order valence-electron chi connectivity index (χ4n) is 6.91. The molecule has 38 heavy (non-hydrogen) atoms. The molecule has 4 aliphatic rings. The number of aromatic nitrogens is 2. The maximum absolute atomic E-state index is 13.4. The molecule has 206 valence electrons. The highest BCUT2D eigenvalue weighted by Gasteiger charge is 2.50. The molecule has 2 N–H and O–H groups in total. The van der Waals surface area contributed by atoms with Gasteiger partial charge in [-0.3, -0.25) is 0 Å². The van der Waals surface area contributed by atoms with Gasteiger partial charge >= 0.3 is 0 Å². The SMILES string of the molecule is Cc1cc(S(=O)(=O)C2CC3(CCN(C)CC3)C2)ccc1Nc1ncc(C2CC2)c([C@H]2CC[C@@](C)(O)CC2)n1. The van der Waals surface area contributed by atoms with Crippen LogP contribution < -0.4 is 5.32 Å². The van der Waals surface area contributed by atoms with Crippen molar-refractivity contribution in [2.24, 2.45) is 5.41 Å². The van der Waals surface area contributed by atoms with Gasteiger partial charge in [-0.15, -0.1) is 0 Å². The molecule has 0 radical (unpaired) electrons. The van der Waals surface area contributed by atoms with Crippen LogP contribution in [0.25, 0.3) is 0 Å². The van der Waals surface area contributed by atoms with E-state index in [-0.39, 0.29) is 10.7 Å². The Morgan fingerprint density at radius 3 is 2.34 bits per heavy atom. The lowest BCUT2D eigenvalue weighted by Crippen LogP contribution is -2.50. The summed E-state index contributed by atoms with van der Waals surface area (Å²) in [6.45, 7) is 6.02. The minimum absolute atomic E-state index is 0.233. The molecule has 7 nitrogen and oxygen atoms in total. The topological polar surface area (TPSA) is 95.4 Å². The van der Waals surface area contributed by atoms with Crippen LogP contribution in [-0.4, -0.2) is 59.4 Å². The van der Waals surface area contributed by atoms with Gasteiger partial charge in [-0.25, -0.2) is 18.4 Å². The van der Waals surface area contributed by atoms with Gasteiger partial charge in [0.2, 0.25) is 5.95 Å². The number of sulfone groups is 1. The van der Waals surface area contributed by atoms with Gasteiger partial charge < -0.3 is 15.3 Å². The number of hydrogen-bond donors (Lipinski definition) is 2. The molecule has 3 aliphatic carbocycles. The third-order valence-electron chi connectivity index (χ3n) is 9.90. The van der Waals surface area contributed by atoms with Gasteiger partial charge in [0.05, 0.1) is 21.4 Å². The standard InChI is InChI=1S/C30H42N4O3S/c1-20-16-23(38(36,37)24-17-30(18-24)12-14-34(3)15-13-30)6-7-26(20)32-28-31-19-25(21-4-5-21)27(33-28)22-8-10-29(2,35)11-9-22/h6-7,16,19,21-22,24,35H,4-5,8-15,17-18H2,1-3H3,(H,31,32,33)/t22-,29+. The Balaban J connectivity index is 1.17. The average Bonchev–Trinajstić information content (AvgIpc) is 3.70. The number of likely N-dealkylation sites (tertiary alicyclic amines) is 1. The average molecular weight is 539 g/mol. The van der Waals surface area contributed by atoms with E-state index >= 15 is 0 Å². The van der Waals surface area contributed by atoms with Crippen molar-refractivity contribution in [1.29, 1.82) is 0 Å². The van der Waals surface area contributed by atoms with E-state index in [0.29, 0.717) is 22.7 Å². The minimum Gasteiger partial charge on any atom is -0.390 e. The predicted octanol–water partition coefficient (Wildman–Crippen LogP) is 5.46. The Kier molecular flexibility index (Phi) is 6.59. The number of piperidine rings is 1. The van der Waals surface area contributed by atoms with Gasteiger partial charge in [0.15, 0.2) is 9.84 Å². The molecule has 0 atom stereocenters. The molecular formula is C30H42N4O3S. The Hall–Kier alpha value is -2.03. The fraction of sp³-hybridized carbons (Fsp3) is 0.667. The Labute approximate surface area is 227 Å². The van der Waals surface area contributed by atoms with Crippen LogP contribution in [0.5, 0.6) is 0 Å². The molecule has 0 amide bonds. The van der Waals surface area contributed by atoms with Crippen LogP contribution in [0.1, 0.15) is 99.8 Å². The molecular weight excluding hydrogens is 496 g/mol. The van der Waals surface area contributed by atoms with Crippen molar-refractivity contribution < 1.29 is 13.5 Å². The smallest absolute Gasteiger partial charge is 0.227 e. The van der Waals surface area contributed by atoms with E-state index in [1.807, 2.05) is 26.1 Å². The molecule has 1 aliphatic heterocycles. The number of benzene rings is 1. The molecule has 6 rings (SSSR count). The van der Waals surface area contributed by atoms with Crippen LogP contribution in [-0.2, 0) is 9.84 Å². The largest absolute Gasteiger partial charge is 0.390 e. The number of aryl methyl sites for hydroxylation is 1. The third kappa shape index (κ3) is 5.11. The lowest BCUT2D eigenvalue weighted by molar-refractivity contribution is 0.0167. The van der Waals surface area contributed by atoms with Crippen molar-refractivity contribution >= 4 is 21.5 Å². The van der Waals surface area contributed by atoms with E-state index in [4.69, 9.17) is 4.98 Å². The molecule has 3 saturated carbocycles. The second kappa shape index (κ2) is 9.56. The fourth-order valence-corrected chi connectivity index (χ4v) is 9.04. The number of nitrogens with one attached hydrogen (secondary N) is 1. The highest BCUT2D eigenvalue weighted by molar-refractivity contribution is 7.92. The van der Waals surface area contributed by atoms with Crippen LogP contribution in [0.2, 0.25) is 0 Å². The molecule has 4 fully saturated rings. The lowest BCUT2D eigenvalue weighted by atomic mass is 9.63. The van der Waals surface area contributed by atoms with Gasteiger partial charge in [0.1, 0.15) is 0 Å². The van der Waals surface area contributed by atoms with Crippen LogP contribution in [0.4, 0.5) is 11.6 Å². The van der Waals surface area contributed by atoms with Crippen molar-refractivity contribution in [1.82, 2.24) is 14.9 Å². The number of hydrogen-bond acceptors (Lipinski definition) is 7. The second-order valence-electron chi connectivity index (χ2n) is 13.1. The molecule has 1 saturated heterocycles. The van der Waals surface area contributed by atoms with Crippen molar-refractivity contribution in [2.75, 3.05) is 25.5 Å². The first kappa shape index (κ1) is 26.2. The zero-order chi connectivity index (χ0) is 26.7. The van der Waals surface area contributed by atoms with Crippen LogP contribution in [0.15, 0.2) is 29.3 Å². The summed E-state index contributed by atoms with van der Waals surface area (Å²) in [6.07, 6.45) is 11.7. The van der Waals surface area contributed by atoms with Gasteiger partial charge in [0.25, 0.3) is 0 Å². The maximum atomic E-state index is 13.4. The predicted molar refractivity (Wildman–Crippen MR) is 150 cm³/mol. The number of rotatable bonds is 6. The van der Waals surface area contributed by atoms with Gasteiger partial charge in [-0.2, -0.15) is 0 Å². The van der Waals surface area contributed by atoms with E-state index in [9.17, 15) is 13.5 Å². The van der Waals surface area contributed by atoms with E-state index in [1.54, 1.807) is 12.1 Å². The molecule has 1 spiro atoms. The molecule has 1 aromatic carbocycles. The summed E-state index contributed by atoms with van der Waals surface area (Å²) in [7, 11) is -1.19. The first-order chi connectivity index (χ1) is 18.0. The first-order valence-electron chi connectivity index (χ1n) is 14.4. The normalized spacial score (nSPS) is 28.3. The maximum Gasteiger partial charge on any atom is 0.227 e. The van der Waals surface area contributed by atoms with Crippen LogP contribution in [0.3, 0.4) is 0 Å². The molecule has 8 heteroatoms. The lowest BCUT2D eigenvalue weighted by Gasteiger charge is -2.51. The summed E-state index contributed by atoms with van der Waals surface area (Å²) in [4.78, 5) is 12.4. The Morgan fingerprint density at radius 1 is 1.03 bits per heavy atom. The van der Waals surface area contributed by atoms with Crippen molar-refractivity contribution in [3.05, 3.63) is 41.2 Å². The van der Waals surface area contributed by atoms with Crippen LogP contribution >= 0.6 is 0 Å². The highest BCUT2D eigenvalue weighted by atomic mass is 32.2. The second-order valence-corrected chi connectivity index (χ2v) is 15.3. The molecule has 1 aromatic heterocycles. The van der Waals surface area contributed by atoms with Crippen LogP contribution in [0, 0.1) is 12.3 Å². The third-order valence-corrected chi connectivity index (χ3v) is 12.0. The number of nitrogens with zero attached hydrogens (tertiary/aromatic N) is 3. The summed E-state index contributed by atoms with van der Waals surface area (Å²) >= 11 is 0. The number of anilines is 2. The summed E-state index contributed by atoms with van der Waals surface area (Å²) in [6, 6.07) is 5.41. The molecule has 2 heterocycles. The van der Waals surface area contributed by atoms with Crippen molar-refractivity contribution in [2.45, 2.75) is 106 Å². The molecule has 0 bridgehead atoms. The summed E-state index contributed by atoms with van der Waals surface area (Å²) in [5.41, 5.74) is 3.77. The van der Waals surface area contributed by atoms with E-state index < -0.39 is 15.4 Å². The highest BCUT2D eigenvalue weighted by Crippen LogP contribution is 2.52. The first-order valence-corrected chi connectivity index (χ1v) is 16.0. The zero-order valence-corrected chi connectivity index (χ0v) is 23.9. The van der Waals surface area contributed by atoms with Gasteiger partial charge in [-0.05, 0) is 139 Å². The monoisotopic (exact) mass is 538 g/mol. The van der Waals surface area contributed by atoms with E-state index in [0.717, 1.165) is 81.4 Å². The Bertz CT molecular complexity index is 1290.